The summed E-state index contributed by atoms with van der Waals surface area (Å²) in [5.41, 5.74) is -0.162. The molecule has 1 aliphatic heterocycles. The number of halogens is 3. The van der Waals surface area contributed by atoms with E-state index in [9.17, 15) is 18.0 Å². The average Bonchev–Trinajstić information content (AvgIpc) is 2.72. The van der Waals surface area contributed by atoms with Gasteiger partial charge in [-0.25, -0.2) is 0 Å². The Morgan fingerprint density at radius 2 is 1.68 bits per heavy atom. The molecule has 0 aromatic heterocycles. The zero-order valence-electron chi connectivity index (χ0n) is 15.4. The predicted molar refractivity (Wildman–Crippen MR) is 98.7 cm³/mol. The molecule has 3 rings (SSSR count). The summed E-state index contributed by atoms with van der Waals surface area (Å²) in [6, 6.07) is 12.2. The molecule has 1 aliphatic rings. The fourth-order valence-corrected chi connectivity index (χ4v) is 3.02. The highest BCUT2D eigenvalue weighted by molar-refractivity contribution is 5.78. The van der Waals surface area contributed by atoms with Crippen molar-refractivity contribution in [1.29, 1.82) is 0 Å². The number of carbonyl (C=O) groups is 1. The second kappa shape index (κ2) is 8.41. The Morgan fingerprint density at radius 3 is 2.36 bits per heavy atom. The molecule has 0 bridgehead atoms. The molecule has 0 N–H and O–H groups in total. The molecule has 1 amide bonds. The second-order valence-corrected chi connectivity index (χ2v) is 6.38. The Morgan fingerprint density at radius 1 is 1.00 bits per heavy atom. The fourth-order valence-electron chi connectivity index (χ4n) is 3.02. The largest absolute Gasteiger partial charge is 0.497 e. The highest BCUT2D eigenvalue weighted by atomic mass is 19.4. The fraction of sp³-hybridized carbons (Fsp3) is 0.350. The van der Waals surface area contributed by atoms with E-state index in [2.05, 4.69) is 0 Å². The van der Waals surface area contributed by atoms with Crippen LogP contribution in [-0.4, -0.2) is 50.7 Å². The molecule has 1 fully saturated rings. The lowest BCUT2D eigenvalue weighted by molar-refractivity contribution is -0.137. The molecule has 5 nitrogen and oxygen atoms in total. The van der Waals surface area contributed by atoms with E-state index in [-0.39, 0.29) is 12.5 Å². The van der Waals surface area contributed by atoms with Crippen LogP contribution >= 0.6 is 0 Å². The maximum absolute atomic E-state index is 12.9. The number of piperazine rings is 1. The second-order valence-electron chi connectivity index (χ2n) is 6.38. The van der Waals surface area contributed by atoms with Crippen molar-refractivity contribution in [3.63, 3.8) is 0 Å². The zero-order valence-corrected chi connectivity index (χ0v) is 15.4. The highest BCUT2D eigenvalue weighted by Crippen LogP contribution is 2.31. The SMILES string of the molecule is COc1cccc(OCC(=O)N2CCN(c3cccc(C(F)(F)F)c3)CC2)c1. The van der Waals surface area contributed by atoms with E-state index in [4.69, 9.17) is 9.47 Å². The highest BCUT2D eigenvalue weighted by Gasteiger charge is 2.31. The van der Waals surface area contributed by atoms with Crippen LogP contribution in [0, 0.1) is 0 Å². The predicted octanol–water partition coefficient (Wildman–Crippen LogP) is 3.44. The Kier molecular flexibility index (Phi) is 5.96. The monoisotopic (exact) mass is 394 g/mol. The van der Waals surface area contributed by atoms with Gasteiger partial charge in [0.2, 0.25) is 0 Å². The van der Waals surface area contributed by atoms with Gasteiger partial charge in [-0.1, -0.05) is 12.1 Å². The number of methoxy groups -OCH3 is 1. The van der Waals surface area contributed by atoms with Gasteiger partial charge in [0, 0.05) is 37.9 Å². The zero-order chi connectivity index (χ0) is 20.1. The Balaban J connectivity index is 1.53. The molecule has 28 heavy (non-hydrogen) atoms. The maximum Gasteiger partial charge on any atom is 0.416 e. The Hall–Kier alpha value is -2.90. The van der Waals surface area contributed by atoms with Crippen molar-refractivity contribution in [2.24, 2.45) is 0 Å². The van der Waals surface area contributed by atoms with Crippen molar-refractivity contribution in [3.8, 4) is 11.5 Å². The first-order valence-electron chi connectivity index (χ1n) is 8.83. The van der Waals surface area contributed by atoms with Gasteiger partial charge in [-0.2, -0.15) is 13.2 Å². The lowest BCUT2D eigenvalue weighted by Crippen LogP contribution is -2.50. The van der Waals surface area contributed by atoms with Crippen LogP contribution in [0.4, 0.5) is 18.9 Å². The Bertz CT molecular complexity index is 818. The van der Waals surface area contributed by atoms with Crippen molar-refractivity contribution >= 4 is 11.6 Å². The number of carbonyl (C=O) groups excluding carboxylic acids is 1. The van der Waals surface area contributed by atoms with Crippen LogP contribution in [-0.2, 0) is 11.0 Å². The normalized spacial score (nSPS) is 14.7. The van der Waals surface area contributed by atoms with Crippen LogP contribution in [0.1, 0.15) is 5.56 Å². The van der Waals surface area contributed by atoms with Crippen LogP contribution in [0.15, 0.2) is 48.5 Å². The molecule has 0 unspecified atom stereocenters. The molecule has 0 atom stereocenters. The first-order valence-corrected chi connectivity index (χ1v) is 8.83. The number of hydrogen-bond donors (Lipinski definition) is 0. The summed E-state index contributed by atoms with van der Waals surface area (Å²) in [5, 5.41) is 0. The minimum absolute atomic E-state index is 0.100. The molecule has 1 heterocycles. The first kappa shape index (κ1) is 19.9. The standard InChI is InChI=1S/C20H21F3N2O3/c1-27-17-6-3-7-18(13-17)28-14-19(26)25-10-8-24(9-11-25)16-5-2-4-15(12-16)20(21,22)23/h2-7,12-13H,8-11,14H2,1H3. The summed E-state index contributed by atoms with van der Waals surface area (Å²) in [7, 11) is 1.55. The van der Waals surface area contributed by atoms with Crippen molar-refractivity contribution < 1.29 is 27.4 Å². The number of rotatable bonds is 5. The molecular weight excluding hydrogens is 373 g/mol. The van der Waals surface area contributed by atoms with Crippen molar-refractivity contribution in [1.82, 2.24) is 4.90 Å². The number of anilines is 1. The molecule has 0 radical (unpaired) electrons. The van der Waals surface area contributed by atoms with E-state index in [0.717, 1.165) is 12.1 Å². The van der Waals surface area contributed by atoms with Gasteiger partial charge in [0.25, 0.3) is 5.91 Å². The van der Waals surface area contributed by atoms with Gasteiger partial charge >= 0.3 is 6.18 Å². The summed E-state index contributed by atoms with van der Waals surface area (Å²) < 4.78 is 49.3. The summed E-state index contributed by atoms with van der Waals surface area (Å²) >= 11 is 0. The minimum Gasteiger partial charge on any atom is -0.497 e. The third-order valence-corrected chi connectivity index (χ3v) is 4.57. The van der Waals surface area contributed by atoms with Crippen LogP contribution < -0.4 is 14.4 Å². The quantitative estimate of drug-likeness (QED) is 0.779. The van der Waals surface area contributed by atoms with Crippen LogP contribution in [0.5, 0.6) is 11.5 Å². The van der Waals surface area contributed by atoms with Gasteiger partial charge in [0.15, 0.2) is 6.61 Å². The van der Waals surface area contributed by atoms with E-state index in [1.807, 2.05) is 4.90 Å². The van der Waals surface area contributed by atoms with Crippen LogP contribution in [0.2, 0.25) is 0 Å². The van der Waals surface area contributed by atoms with Gasteiger partial charge in [-0.15, -0.1) is 0 Å². The number of amides is 1. The van der Waals surface area contributed by atoms with Crippen molar-refractivity contribution in [2.45, 2.75) is 6.18 Å². The van der Waals surface area contributed by atoms with Gasteiger partial charge in [-0.3, -0.25) is 4.79 Å². The van der Waals surface area contributed by atoms with E-state index in [1.54, 1.807) is 42.3 Å². The van der Waals surface area contributed by atoms with Gasteiger partial charge in [0.1, 0.15) is 11.5 Å². The average molecular weight is 394 g/mol. The topological polar surface area (TPSA) is 42.0 Å². The minimum atomic E-state index is -4.37. The van der Waals surface area contributed by atoms with Crippen molar-refractivity contribution in [3.05, 3.63) is 54.1 Å². The number of alkyl halides is 3. The lowest BCUT2D eigenvalue weighted by Gasteiger charge is -2.36. The Labute approximate surface area is 161 Å². The molecule has 0 aliphatic carbocycles. The molecule has 8 heteroatoms. The molecule has 2 aromatic carbocycles. The molecule has 1 saturated heterocycles. The maximum atomic E-state index is 12.9. The molecule has 0 saturated carbocycles. The molecular formula is C20H21F3N2O3. The summed E-state index contributed by atoms with van der Waals surface area (Å²) in [4.78, 5) is 15.9. The number of nitrogens with zero attached hydrogens (tertiary/aromatic N) is 2. The lowest BCUT2D eigenvalue weighted by atomic mass is 10.1. The van der Waals surface area contributed by atoms with E-state index < -0.39 is 11.7 Å². The van der Waals surface area contributed by atoms with Crippen LogP contribution in [0.3, 0.4) is 0 Å². The van der Waals surface area contributed by atoms with E-state index >= 15 is 0 Å². The number of benzene rings is 2. The summed E-state index contributed by atoms with van der Waals surface area (Å²) in [6.45, 7) is 1.68. The van der Waals surface area contributed by atoms with Crippen molar-refractivity contribution in [2.75, 3.05) is 44.8 Å². The van der Waals surface area contributed by atoms with Gasteiger partial charge in [-0.05, 0) is 30.3 Å². The molecule has 0 spiro atoms. The summed E-state index contributed by atoms with van der Waals surface area (Å²) in [5.74, 6) is 1.02. The molecule has 2 aromatic rings. The van der Waals surface area contributed by atoms with Gasteiger partial charge < -0.3 is 19.3 Å². The third kappa shape index (κ3) is 4.88. The molecule has 150 valence electrons. The number of hydrogen-bond acceptors (Lipinski definition) is 4. The third-order valence-electron chi connectivity index (χ3n) is 4.57. The number of ether oxygens (including phenoxy) is 2. The first-order chi connectivity index (χ1) is 13.4. The van der Waals surface area contributed by atoms with Crippen LogP contribution in [0.25, 0.3) is 0 Å². The van der Waals surface area contributed by atoms with E-state index in [0.29, 0.717) is 43.4 Å². The smallest absolute Gasteiger partial charge is 0.416 e. The summed E-state index contributed by atoms with van der Waals surface area (Å²) in [6.07, 6.45) is -4.37. The van der Waals surface area contributed by atoms with E-state index in [1.165, 1.54) is 6.07 Å². The van der Waals surface area contributed by atoms with Gasteiger partial charge in [0.05, 0.1) is 12.7 Å².